The van der Waals surface area contributed by atoms with Gasteiger partial charge in [0.05, 0.1) is 33.8 Å². The fourth-order valence-corrected chi connectivity index (χ4v) is 11.7. The zero-order valence-electron chi connectivity index (χ0n) is 35.5. The summed E-state index contributed by atoms with van der Waals surface area (Å²) in [6.45, 7) is 0. The van der Waals surface area contributed by atoms with Gasteiger partial charge in [-0.2, -0.15) is 0 Å². The second kappa shape index (κ2) is 12.8. The van der Waals surface area contributed by atoms with E-state index in [0.717, 1.165) is 33.9 Å². The summed E-state index contributed by atoms with van der Waals surface area (Å²) in [5.74, 6) is 0.885. The molecule has 4 heteroatoms. The van der Waals surface area contributed by atoms with E-state index < -0.39 is 0 Å². The third kappa shape index (κ3) is 4.78. The second-order valence-electron chi connectivity index (χ2n) is 18.0. The molecule has 1 unspecified atom stereocenters. The van der Waals surface area contributed by atoms with Crippen LogP contribution in [0.3, 0.4) is 0 Å². The summed E-state index contributed by atoms with van der Waals surface area (Å²) in [5, 5.41) is 20.3. The normalized spacial score (nSPS) is 14.8. The molecular formula is C61H38N4. The Bertz CT molecular complexity index is 4250. The molecule has 0 N–H and O–H groups in total. The zero-order chi connectivity index (χ0) is 42.5. The molecule has 0 amide bonds. The summed E-state index contributed by atoms with van der Waals surface area (Å²) in [6, 6.07) is 74.1. The Labute approximate surface area is 373 Å². The van der Waals surface area contributed by atoms with Gasteiger partial charge >= 0.3 is 0 Å². The van der Waals surface area contributed by atoms with Crippen molar-refractivity contribution in [3.63, 3.8) is 0 Å². The molecule has 1 aliphatic rings. The minimum atomic E-state index is -0.124. The smallest absolute Gasteiger partial charge is 0.211 e. The van der Waals surface area contributed by atoms with Crippen LogP contribution in [0.5, 0.6) is 0 Å². The number of hydrogen-bond donors (Lipinski definition) is 0. The number of aliphatic imine (C=N–C) groups is 1. The van der Waals surface area contributed by atoms with Crippen LogP contribution < -0.4 is 0 Å². The fourth-order valence-electron chi connectivity index (χ4n) is 11.7. The third-order valence-corrected chi connectivity index (χ3v) is 14.5. The van der Waals surface area contributed by atoms with Gasteiger partial charge in [-0.3, -0.25) is 4.57 Å². The monoisotopic (exact) mass is 826 g/mol. The quantitative estimate of drug-likeness (QED) is 0.163. The highest BCUT2D eigenvalue weighted by atomic mass is 15.3. The van der Waals surface area contributed by atoms with E-state index in [1.807, 2.05) is 0 Å². The predicted octanol–water partition coefficient (Wildman–Crippen LogP) is 15.6. The van der Waals surface area contributed by atoms with Crippen LogP contribution in [-0.4, -0.2) is 27.0 Å². The highest BCUT2D eigenvalue weighted by Crippen LogP contribution is 2.45. The van der Waals surface area contributed by atoms with Crippen molar-refractivity contribution < 1.29 is 0 Å². The van der Waals surface area contributed by atoms with Crippen LogP contribution >= 0.6 is 0 Å². The number of rotatable bonds is 3. The maximum Gasteiger partial charge on any atom is 0.211 e. The fraction of sp³-hybridized carbons (Fsp3) is 0.0328. The van der Waals surface area contributed by atoms with Crippen molar-refractivity contribution >= 4 is 120 Å². The van der Waals surface area contributed by atoms with Gasteiger partial charge in [0.2, 0.25) is 5.96 Å². The molecule has 65 heavy (non-hydrogen) atoms. The molecule has 0 saturated heterocycles. The van der Waals surface area contributed by atoms with E-state index in [0.29, 0.717) is 0 Å². The number of fused-ring (bicyclic) bond motifs is 7. The molecule has 1 aliphatic heterocycles. The number of aromatic nitrogens is 2. The molecular weight excluding hydrogens is 789 g/mol. The first-order chi connectivity index (χ1) is 32.1. The van der Waals surface area contributed by atoms with Crippen molar-refractivity contribution in [2.75, 3.05) is 7.05 Å². The SMILES string of the molecule is CN1C(n2c3ccccc3c3c2ccc2c4ccccc4n(-c4ccccc4)c23)=NC(c2cc3ccc4cccc5ccc(c2)c3c45)=CC1c1cc2ccc3cccc4ccc(c1)c2c34. The standard InChI is InChI=1S/C61H38N4/c1-63-54(45-33-42-27-23-38-13-10-14-39-24-28-43(34-45)58(42)56(38)39)35-50(44-31-40-25-21-36-11-9-12-37-22-26-41(32-44)57(40)55(36)37)62-61(63)65-52-20-8-6-18-49(52)59-53(65)30-29-48-47-17-5-7-19-51(47)64(60(48)59)46-15-3-2-4-16-46/h2-35,54H,1H3. The van der Waals surface area contributed by atoms with E-state index in [4.69, 9.17) is 4.99 Å². The van der Waals surface area contributed by atoms with Crippen molar-refractivity contribution in [2.45, 2.75) is 6.04 Å². The van der Waals surface area contributed by atoms with Gasteiger partial charge in [-0.05, 0) is 131 Å². The average Bonchev–Trinajstić information content (AvgIpc) is 3.88. The summed E-state index contributed by atoms with van der Waals surface area (Å²) in [4.78, 5) is 8.18. The summed E-state index contributed by atoms with van der Waals surface area (Å²) in [7, 11) is 2.22. The summed E-state index contributed by atoms with van der Waals surface area (Å²) >= 11 is 0. The lowest BCUT2D eigenvalue weighted by Gasteiger charge is -2.34. The second-order valence-corrected chi connectivity index (χ2v) is 18.0. The largest absolute Gasteiger partial charge is 0.334 e. The van der Waals surface area contributed by atoms with Crippen molar-refractivity contribution in [2.24, 2.45) is 4.99 Å². The molecule has 12 aromatic carbocycles. The minimum absolute atomic E-state index is 0.124. The van der Waals surface area contributed by atoms with E-state index in [-0.39, 0.29) is 6.04 Å². The average molecular weight is 827 g/mol. The van der Waals surface area contributed by atoms with Gasteiger partial charge in [0, 0.05) is 39.8 Å². The van der Waals surface area contributed by atoms with Crippen LogP contribution in [-0.2, 0) is 0 Å². The first-order valence-electron chi connectivity index (χ1n) is 22.5. The van der Waals surface area contributed by atoms with Crippen molar-refractivity contribution in [1.29, 1.82) is 0 Å². The van der Waals surface area contributed by atoms with Crippen molar-refractivity contribution in [3.8, 4) is 5.69 Å². The Balaban J connectivity index is 1.02. The van der Waals surface area contributed by atoms with Gasteiger partial charge in [0.25, 0.3) is 0 Å². The molecule has 0 saturated carbocycles. The molecule has 0 spiro atoms. The molecule has 1 atom stereocenters. The van der Waals surface area contributed by atoms with E-state index in [2.05, 4.69) is 227 Å². The van der Waals surface area contributed by atoms with E-state index in [1.54, 1.807) is 0 Å². The first-order valence-corrected chi connectivity index (χ1v) is 22.5. The van der Waals surface area contributed by atoms with Crippen LogP contribution in [0.2, 0.25) is 0 Å². The number of likely N-dealkylation sites (N-methyl/N-ethyl adjacent to an activating group) is 1. The van der Waals surface area contributed by atoms with Gasteiger partial charge in [-0.25, -0.2) is 4.99 Å². The summed E-state index contributed by atoms with van der Waals surface area (Å²) < 4.78 is 4.88. The molecule has 0 fully saturated rings. The topological polar surface area (TPSA) is 25.5 Å². The van der Waals surface area contributed by atoms with Crippen LogP contribution in [0.1, 0.15) is 17.2 Å². The van der Waals surface area contributed by atoms with Crippen molar-refractivity contribution in [1.82, 2.24) is 14.0 Å². The van der Waals surface area contributed by atoms with Crippen molar-refractivity contribution in [3.05, 3.63) is 217 Å². The first kappa shape index (κ1) is 35.0. The van der Waals surface area contributed by atoms with E-state index in [1.165, 1.54) is 103 Å². The lowest BCUT2D eigenvalue weighted by atomic mass is 9.90. The Morgan fingerprint density at radius 3 is 1.51 bits per heavy atom. The molecule has 4 nitrogen and oxygen atoms in total. The molecule has 302 valence electrons. The molecule has 0 aliphatic carbocycles. The van der Waals surface area contributed by atoms with Crippen LogP contribution in [0.25, 0.3) is 120 Å². The Hall–Kier alpha value is -8.47. The van der Waals surface area contributed by atoms with Crippen LogP contribution in [0.4, 0.5) is 0 Å². The molecule has 0 bridgehead atoms. The maximum absolute atomic E-state index is 5.79. The number of nitrogens with zero attached hydrogens (tertiary/aromatic N) is 4. The van der Waals surface area contributed by atoms with E-state index in [9.17, 15) is 0 Å². The highest BCUT2D eigenvalue weighted by molar-refractivity contribution is 6.28. The van der Waals surface area contributed by atoms with Gasteiger partial charge in [0.15, 0.2) is 0 Å². The van der Waals surface area contributed by atoms with Gasteiger partial charge in [-0.1, -0.05) is 146 Å². The van der Waals surface area contributed by atoms with Crippen LogP contribution in [0.15, 0.2) is 211 Å². The molecule has 2 aromatic heterocycles. The predicted molar refractivity (Wildman–Crippen MR) is 275 cm³/mol. The third-order valence-electron chi connectivity index (χ3n) is 14.5. The number of hydrogen-bond acceptors (Lipinski definition) is 2. The van der Waals surface area contributed by atoms with E-state index >= 15 is 0 Å². The molecule has 0 radical (unpaired) electrons. The Kier molecular flexibility index (Phi) is 6.91. The summed E-state index contributed by atoms with van der Waals surface area (Å²) in [6.07, 6.45) is 2.39. The van der Waals surface area contributed by atoms with Gasteiger partial charge in [-0.15, -0.1) is 0 Å². The van der Waals surface area contributed by atoms with Gasteiger partial charge in [0.1, 0.15) is 0 Å². The number of benzene rings is 12. The van der Waals surface area contributed by atoms with Gasteiger partial charge < -0.3 is 9.47 Å². The lowest BCUT2D eigenvalue weighted by Crippen LogP contribution is -2.37. The minimum Gasteiger partial charge on any atom is -0.334 e. The number of para-hydroxylation sites is 3. The summed E-state index contributed by atoms with van der Waals surface area (Å²) in [5.41, 5.74) is 9.08. The molecule has 14 aromatic rings. The molecule has 3 heterocycles. The highest BCUT2D eigenvalue weighted by Gasteiger charge is 2.30. The molecule has 15 rings (SSSR count). The maximum atomic E-state index is 5.79. The Morgan fingerprint density at radius 1 is 0.385 bits per heavy atom. The lowest BCUT2D eigenvalue weighted by molar-refractivity contribution is 0.423. The van der Waals surface area contributed by atoms with Crippen LogP contribution in [0, 0.1) is 0 Å². The zero-order valence-corrected chi connectivity index (χ0v) is 35.5. The Morgan fingerprint density at radius 2 is 0.892 bits per heavy atom.